The number of rotatable bonds is 4. The summed E-state index contributed by atoms with van der Waals surface area (Å²) >= 11 is 0. The van der Waals surface area contributed by atoms with Gasteiger partial charge in [-0.2, -0.15) is 10.1 Å². The summed E-state index contributed by atoms with van der Waals surface area (Å²) in [7, 11) is 3.19. The maximum Gasteiger partial charge on any atom is 0.335 e. The minimum atomic E-state index is 0.379. The molecule has 0 amide bonds. The second-order valence-corrected chi connectivity index (χ2v) is 5.05. The molecule has 0 saturated carbocycles. The molecular weight excluding hydrogens is 332 g/mol. The lowest BCUT2D eigenvalue weighted by Crippen LogP contribution is -1.94. The second kappa shape index (κ2) is 8.43. The molecule has 4 rings (SSSR count). The Morgan fingerprint density at radius 3 is 2.27 bits per heavy atom. The van der Waals surface area contributed by atoms with E-state index >= 15 is 0 Å². The summed E-state index contributed by atoms with van der Waals surface area (Å²) in [6.07, 6.45) is 4.77. The van der Waals surface area contributed by atoms with Gasteiger partial charge in [0.05, 0.1) is 25.6 Å². The molecule has 0 fully saturated rings. The van der Waals surface area contributed by atoms with Crippen LogP contribution in [0.15, 0.2) is 73.6 Å². The van der Waals surface area contributed by atoms with Gasteiger partial charge < -0.3 is 9.47 Å². The van der Waals surface area contributed by atoms with E-state index < -0.39 is 0 Å². The van der Waals surface area contributed by atoms with Crippen LogP contribution in [0, 0.1) is 0 Å². The minimum absolute atomic E-state index is 0.379. The van der Waals surface area contributed by atoms with Crippen molar-refractivity contribution >= 4 is 0 Å². The summed E-state index contributed by atoms with van der Waals surface area (Å²) < 4.78 is 13.3. The highest BCUT2D eigenvalue weighted by atomic mass is 16.5. The standard InChI is InChI=1S/2C9H9N3O/c1-13-9-4-2-3-8(5-9)12-7-10-6-11-12;1-13-9-10-7-12(11-9)8-5-3-2-4-6-8/h2*2-7H,1H3. The first-order valence-electron chi connectivity index (χ1n) is 7.80. The summed E-state index contributed by atoms with van der Waals surface area (Å²) in [5.41, 5.74) is 1.91. The normalized spacial score (nSPS) is 9.92. The van der Waals surface area contributed by atoms with Crippen molar-refractivity contribution in [3.63, 3.8) is 0 Å². The van der Waals surface area contributed by atoms with Gasteiger partial charge in [0.2, 0.25) is 0 Å². The Morgan fingerprint density at radius 2 is 1.62 bits per heavy atom. The number of aromatic nitrogens is 6. The van der Waals surface area contributed by atoms with Gasteiger partial charge in [-0.15, -0.1) is 5.10 Å². The summed E-state index contributed by atoms with van der Waals surface area (Å²) in [4.78, 5) is 7.81. The van der Waals surface area contributed by atoms with E-state index in [9.17, 15) is 0 Å². The van der Waals surface area contributed by atoms with Crippen LogP contribution in [0.1, 0.15) is 0 Å². The van der Waals surface area contributed by atoms with Gasteiger partial charge in [-0.05, 0) is 24.3 Å². The third-order valence-electron chi connectivity index (χ3n) is 3.41. The van der Waals surface area contributed by atoms with Gasteiger partial charge >= 0.3 is 6.01 Å². The number of nitrogens with zero attached hydrogens (tertiary/aromatic N) is 6. The molecule has 0 atom stereocenters. The number of para-hydroxylation sites is 1. The van der Waals surface area contributed by atoms with Gasteiger partial charge in [0.1, 0.15) is 24.7 Å². The summed E-state index contributed by atoms with van der Waals surface area (Å²) in [6, 6.07) is 17.8. The molecule has 132 valence electrons. The average molecular weight is 350 g/mol. The largest absolute Gasteiger partial charge is 0.497 e. The first-order valence-corrected chi connectivity index (χ1v) is 7.80. The molecule has 2 aromatic heterocycles. The van der Waals surface area contributed by atoms with Crippen LogP contribution in [0.4, 0.5) is 0 Å². The summed E-state index contributed by atoms with van der Waals surface area (Å²) in [6.45, 7) is 0. The molecule has 2 aromatic carbocycles. The maximum atomic E-state index is 5.09. The summed E-state index contributed by atoms with van der Waals surface area (Å²) in [5.74, 6) is 0.813. The fourth-order valence-corrected chi connectivity index (χ4v) is 2.14. The Kier molecular flexibility index (Phi) is 5.56. The van der Waals surface area contributed by atoms with Crippen LogP contribution in [0.2, 0.25) is 0 Å². The van der Waals surface area contributed by atoms with Crippen LogP contribution in [-0.2, 0) is 0 Å². The van der Waals surface area contributed by atoms with Crippen LogP contribution in [0.25, 0.3) is 11.4 Å². The van der Waals surface area contributed by atoms with Crippen molar-refractivity contribution in [2.75, 3.05) is 14.2 Å². The smallest absolute Gasteiger partial charge is 0.335 e. The van der Waals surface area contributed by atoms with Crippen LogP contribution in [0.3, 0.4) is 0 Å². The molecule has 0 radical (unpaired) electrons. The third kappa shape index (κ3) is 4.23. The zero-order chi connectivity index (χ0) is 18.2. The number of hydrogen-bond acceptors (Lipinski definition) is 6. The lowest BCUT2D eigenvalue weighted by molar-refractivity contribution is 0.380. The SMILES string of the molecule is COc1cccc(-n2cncn2)c1.COc1ncn(-c2ccccc2)n1. The molecule has 8 nitrogen and oxygen atoms in total. The molecule has 0 unspecified atom stereocenters. The van der Waals surface area contributed by atoms with E-state index in [0.29, 0.717) is 6.01 Å². The molecular formula is C18H18N6O2. The number of ether oxygens (including phenoxy) is 2. The van der Waals surface area contributed by atoms with E-state index in [1.54, 1.807) is 36.2 Å². The monoisotopic (exact) mass is 350 g/mol. The molecule has 26 heavy (non-hydrogen) atoms. The van der Waals surface area contributed by atoms with Crippen LogP contribution >= 0.6 is 0 Å². The van der Waals surface area contributed by atoms with E-state index in [2.05, 4.69) is 20.2 Å². The van der Waals surface area contributed by atoms with E-state index in [-0.39, 0.29) is 0 Å². The van der Waals surface area contributed by atoms with Crippen molar-refractivity contribution in [2.24, 2.45) is 0 Å². The fraction of sp³-hybridized carbons (Fsp3) is 0.111. The average Bonchev–Trinajstić information content (AvgIpc) is 3.41. The van der Waals surface area contributed by atoms with Crippen molar-refractivity contribution in [3.8, 4) is 23.1 Å². The molecule has 4 aromatic rings. The highest BCUT2D eigenvalue weighted by Gasteiger charge is 2.00. The van der Waals surface area contributed by atoms with E-state index in [0.717, 1.165) is 17.1 Å². The molecule has 8 heteroatoms. The molecule has 0 saturated heterocycles. The zero-order valence-electron chi connectivity index (χ0n) is 14.4. The Balaban J connectivity index is 0.000000151. The van der Waals surface area contributed by atoms with E-state index in [1.807, 2.05) is 54.6 Å². The molecule has 0 aliphatic rings. The highest BCUT2D eigenvalue weighted by Crippen LogP contribution is 2.14. The second-order valence-electron chi connectivity index (χ2n) is 5.05. The van der Waals surface area contributed by atoms with E-state index in [1.165, 1.54) is 6.33 Å². The number of hydrogen-bond donors (Lipinski definition) is 0. The van der Waals surface area contributed by atoms with Gasteiger partial charge in [-0.25, -0.2) is 14.3 Å². The lowest BCUT2D eigenvalue weighted by atomic mass is 10.3. The number of benzene rings is 2. The third-order valence-corrected chi connectivity index (χ3v) is 3.41. The van der Waals surface area contributed by atoms with Crippen molar-refractivity contribution in [1.82, 2.24) is 29.5 Å². The molecule has 0 N–H and O–H groups in total. The highest BCUT2D eigenvalue weighted by molar-refractivity contribution is 5.38. The molecule has 0 aliphatic carbocycles. The predicted molar refractivity (Wildman–Crippen MR) is 95.8 cm³/mol. The Labute approximate surface area is 150 Å². The quantitative estimate of drug-likeness (QED) is 0.563. The minimum Gasteiger partial charge on any atom is -0.497 e. The van der Waals surface area contributed by atoms with Gasteiger partial charge in [-0.1, -0.05) is 24.3 Å². The number of methoxy groups -OCH3 is 2. The van der Waals surface area contributed by atoms with Crippen molar-refractivity contribution in [1.29, 1.82) is 0 Å². The van der Waals surface area contributed by atoms with Crippen LogP contribution < -0.4 is 9.47 Å². The Bertz CT molecular complexity index is 922. The van der Waals surface area contributed by atoms with Gasteiger partial charge in [0.25, 0.3) is 0 Å². The summed E-state index contributed by atoms with van der Waals surface area (Å²) in [5, 5.41) is 8.09. The van der Waals surface area contributed by atoms with Gasteiger partial charge in [0, 0.05) is 6.07 Å². The molecule has 0 spiro atoms. The first-order chi connectivity index (χ1) is 12.8. The fourth-order valence-electron chi connectivity index (χ4n) is 2.14. The lowest BCUT2D eigenvalue weighted by Gasteiger charge is -2.02. The van der Waals surface area contributed by atoms with Crippen molar-refractivity contribution < 1.29 is 9.47 Å². The predicted octanol–water partition coefficient (Wildman–Crippen LogP) is 2.55. The van der Waals surface area contributed by atoms with Crippen molar-refractivity contribution in [2.45, 2.75) is 0 Å². The molecule has 0 bridgehead atoms. The van der Waals surface area contributed by atoms with Crippen LogP contribution in [-0.4, -0.2) is 43.7 Å². The molecule has 2 heterocycles. The van der Waals surface area contributed by atoms with Crippen LogP contribution in [0.5, 0.6) is 11.8 Å². The Hall–Kier alpha value is -3.68. The first kappa shape index (κ1) is 17.2. The Morgan fingerprint density at radius 1 is 0.808 bits per heavy atom. The maximum absolute atomic E-state index is 5.09. The topological polar surface area (TPSA) is 79.9 Å². The van der Waals surface area contributed by atoms with Gasteiger partial charge in [-0.3, -0.25) is 0 Å². The van der Waals surface area contributed by atoms with E-state index in [4.69, 9.17) is 9.47 Å². The van der Waals surface area contributed by atoms with Gasteiger partial charge in [0.15, 0.2) is 0 Å². The van der Waals surface area contributed by atoms with Crippen molar-refractivity contribution in [3.05, 3.63) is 73.6 Å². The zero-order valence-corrected chi connectivity index (χ0v) is 14.4. The molecule has 0 aliphatic heterocycles.